The first kappa shape index (κ1) is 27.4. The number of nitrogens with one attached hydrogen (secondary N) is 1. The summed E-state index contributed by atoms with van der Waals surface area (Å²) in [6.07, 6.45) is -3.67. The number of esters is 1. The molecular formula is C21H18ClF4N3O6. The molecule has 3 rings (SSSR count). The molecule has 0 amide bonds. The maximum atomic E-state index is 14.5. The van der Waals surface area contributed by atoms with Crippen LogP contribution in [0.1, 0.15) is 20.0 Å². The summed E-state index contributed by atoms with van der Waals surface area (Å²) in [4.78, 5) is 41.3. The number of benzene rings is 1. The average molecular weight is 520 g/mol. The molecule has 2 aromatic heterocycles. The molecule has 9 nitrogen and oxygen atoms in total. The summed E-state index contributed by atoms with van der Waals surface area (Å²) in [5, 5.41) is -0.308. The van der Waals surface area contributed by atoms with E-state index < -0.39 is 47.2 Å². The lowest BCUT2D eigenvalue weighted by molar-refractivity contribution is -0.145. The maximum absolute atomic E-state index is 14.5. The van der Waals surface area contributed by atoms with Gasteiger partial charge in [-0.15, -0.1) is 0 Å². The van der Waals surface area contributed by atoms with Crippen molar-refractivity contribution in [1.82, 2.24) is 14.5 Å². The number of carbonyl (C=O) groups is 1. The van der Waals surface area contributed by atoms with Gasteiger partial charge in [0.2, 0.25) is 0 Å². The van der Waals surface area contributed by atoms with Crippen LogP contribution in [-0.4, -0.2) is 33.7 Å². The number of carbonyl (C=O) groups excluding carboxylic acids is 1. The fourth-order valence-corrected chi connectivity index (χ4v) is 2.84. The minimum Gasteiger partial charge on any atom is -0.463 e. The van der Waals surface area contributed by atoms with Gasteiger partial charge in [-0.1, -0.05) is 19.0 Å². The third kappa shape index (κ3) is 6.38. The van der Waals surface area contributed by atoms with Gasteiger partial charge in [0.15, 0.2) is 12.4 Å². The van der Waals surface area contributed by atoms with Crippen molar-refractivity contribution in [3.05, 3.63) is 73.9 Å². The number of ether oxygens (including phenoxy) is 3. The van der Waals surface area contributed by atoms with Crippen molar-refractivity contribution in [1.29, 1.82) is 0 Å². The van der Waals surface area contributed by atoms with E-state index in [0.717, 1.165) is 6.07 Å². The summed E-state index contributed by atoms with van der Waals surface area (Å²) < 4.78 is 68.8. The number of aromatic amines is 1. The van der Waals surface area contributed by atoms with Crippen LogP contribution in [0, 0.1) is 5.82 Å². The molecular weight excluding hydrogens is 502 g/mol. The van der Waals surface area contributed by atoms with Crippen molar-refractivity contribution in [3.8, 4) is 23.1 Å². The first-order chi connectivity index (χ1) is 16.0. The van der Waals surface area contributed by atoms with Crippen LogP contribution < -0.4 is 20.7 Å². The highest BCUT2D eigenvalue weighted by atomic mass is 35.5. The van der Waals surface area contributed by atoms with Gasteiger partial charge in [0.25, 0.3) is 11.4 Å². The van der Waals surface area contributed by atoms with Crippen LogP contribution in [0.2, 0.25) is 5.02 Å². The van der Waals surface area contributed by atoms with Gasteiger partial charge in [-0.25, -0.2) is 23.5 Å². The zero-order valence-electron chi connectivity index (χ0n) is 17.1. The molecule has 0 aliphatic heterocycles. The molecule has 2 heterocycles. The van der Waals surface area contributed by atoms with E-state index in [1.54, 1.807) is 6.92 Å². The van der Waals surface area contributed by atoms with Gasteiger partial charge >= 0.3 is 17.8 Å². The van der Waals surface area contributed by atoms with E-state index in [1.807, 2.05) is 0 Å². The lowest BCUT2D eigenvalue weighted by Crippen LogP contribution is -2.36. The minimum atomic E-state index is -5.00. The van der Waals surface area contributed by atoms with Gasteiger partial charge in [0, 0.05) is 18.3 Å². The Kier molecular flexibility index (Phi) is 8.63. The number of pyridine rings is 1. The van der Waals surface area contributed by atoms with E-state index in [9.17, 15) is 31.9 Å². The van der Waals surface area contributed by atoms with E-state index in [-0.39, 0.29) is 47.1 Å². The molecule has 0 unspecified atom stereocenters. The fraction of sp³-hybridized carbons (Fsp3) is 0.238. The lowest BCUT2D eigenvalue weighted by Gasteiger charge is -2.14. The number of halogens is 5. The van der Waals surface area contributed by atoms with Crippen molar-refractivity contribution in [2.24, 2.45) is 0 Å². The summed E-state index contributed by atoms with van der Waals surface area (Å²) in [6, 6.07) is 4.45. The Morgan fingerprint density at radius 1 is 1.20 bits per heavy atom. The SMILES string of the molecule is C.CCOC(=O)COc1ncccc1Oc1cc(-n2c(=O)cc(C(F)(F)F)[nH]c2=O)c(F)cc1Cl. The number of nitrogens with zero attached hydrogens (tertiary/aromatic N) is 2. The summed E-state index contributed by atoms with van der Waals surface area (Å²) in [6.45, 7) is 1.23. The van der Waals surface area contributed by atoms with Gasteiger partial charge in [-0.3, -0.25) is 4.79 Å². The van der Waals surface area contributed by atoms with Gasteiger partial charge in [-0.2, -0.15) is 13.2 Å². The monoisotopic (exact) mass is 519 g/mol. The van der Waals surface area contributed by atoms with Crippen molar-refractivity contribution < 1.29 is 36.6 Å². The second kappa shape index (κ2) is 11.0. The molecule has 14 heteroatoms. The molecule has 0 saturated heterocycles. The largest absolute Gasteiger partial charge is 0.463 e. The molecule has 0 bridgehead atoms. The second-order valence-corrected chi connectivity index (χ2v) is 6.80. The van der Waals surface area contributed by atoms with Gasteiger partial charge in [0.1, 0.15) is 17.3 Å². The number of hydrogen-bond acceptors (Lipinski definition) is 7. The molecule has 188 valence electrons. The molecule has 1 aromatic carbocycles. The van der Waals surface area contributed by atoms with Crippen LogP contribution in [0.4, 0.5) is 17.6 Å². The molecule has 1 N–H and O–H groups in total. The third-order valence-corrected chi connectivity index (χ3v) is 4.36. The zero-order valence-corrected chi connectivity index (χ0v) is 17.9. The molecule has 0 aliphatic carbocycles. The third-order valence-electron chi connectivity index (χ3n) is 4.07. The molecule has 0 saturated carbocycles. The summed E-state index contributed by atoms with van der Waals surface area (Å²) in [5.41, 5.74) is -5.30. The Bertz CT molecular complexity index is 1310. The van der Waals surface area contributed by atoms with E-state index in [4.69, 9.17) is 25.8 Å². The quantitative estimate of drug-likeness (QED) is 0.369. The van der Waals surface area contributed by atoms with Crippen LogP contribution in [-0.2, 0) is 15.7 Å². The topological polar surface area (TPSA) is 113 Å². The van der Waals surface area contributed by atoms with E-state index in [2.05, 4.69) is 4.98 Å². The Labute approximate surface area is 199 Å². The molecule has 3 aromatic rings. The van der Waals surface area contributed by atoms with Crippen molar-refractivity contribution in [2.75, 3.05) is 13.2 Å². The van der Waals surface area contributed by atoms with Crippen molar-refractivity contribution >= 4 is 17.6 Å². The molecule has 0 aliphatic rings. The molecule has 0 spiro atoms. The average Bonchev–Trinajstić information content (AvgIpc) is 2.75. The summed E-state index contributed by atoms with van der Waals surface area (Å²) >= 11 is 6.00. The highest BCUT2D eigenvalue weighted by Crippen LogP contribution is 2.36. The number of H-pyrrole nitrogens is 1. The van der Waals surface area contributed by atoms with Crippen LogP contribution >= 0.6 is 11.6 Å². The Balaban J connectivity index is 0.00000432. The van der Waals surface area contributed by atoms with Crippen LogP contribution in [0.3, 0.4) is 0 Å². The van der Waals surface area contributed by atoms with Gasteiger partial charge in [0.05, 0.1) is 17.3 Å². The number of rotatable bonds is 7. The minimum absolute atomic E-state index is 0. The van der Waals surface area contributed by atoms with Crippen LogP contribution in [0.15, 0.2) is 46.1 Å². The number of aromatic nitrogens is 3. The number of alkyl halides is 3. The Morgan fingerprint density at radius 3 is 2.54 bits per heavy atom. The van der Waals surface area contributed by atoms with E-state index in [1.165, 1.54) is 23.3 Å². The number of hydrogen-bond donors (Lipinski definition) is 1. The molecule has 0 fully saturated rings. The van der Waals surface area contributed by atoms with Crippen molar-refractivity contribution in [3.63, 3.8) is 0 Å². The lowest BCUT2D eigenvalue weighted by atomic mass is 10.2. The van der Waals surface area contributed by atoms with E-state index >= 15 is 0 Å². The second-order valence-electron chi connectivity index (χ2n) is 6.40. The normalized spacial score (nSPS) is 10.9. The predicted octanol–water partition coefficient (Wildman–Crippen LogP) is 4.10. The molecule has 0 atom stereocenters. The Hall–Kier alpha value is -3.87. The highest BCUT2D eigenvalue weighted by molar-refractivity contribution is 6.32. The summed E-state index contributed by atoms with van der Waals surface area (Å²) in [5.74, 6) is -2.41. The Morgan fingerprint density at radius 2 is 1.91 bits per heavy atom. The predicted molar refractivity (Wildman–Crippen MR) is 116 cm³/mol. The van der Waals surface area contributed by atoms with E-state index in [0.29, 0.717) is 6.07 Å². The molecule has 35 heavy (non-hydrogen) atoms. The van der Waals surface area contributed by atoms with Crippen LogP contribution in [0.25, 0.3) is 5.69 Å². The van der Waals surface area contributed by atoms with Crippen LogP contribution in [0.5, 0.6) is 17.4 Å². The molecule has 0 radical (unpaired) electrons. The van der Waals surface area contributed by atoms with Gasteiger partial charge < -0.3 is 19.2 Å². The fourth-order valence-electron chi connectivity index (χ4n) is 2.65. The zero-order chi connectivity index (χ0) is 25.0. The van der Waals surface area contributed by atoms with Gasteiger partial charge in [-0.05, 0) is 25.1 Å². The first-order valence-electron chi connectivity index (χ1n) is 9.35. The smallest absolute Gasteiger partial charge is 0.431 e. The first-order valence-corrected chi connectivity index (χ1v) is 9.73. The standard InChI is InChI=1S/C20H14ClF4N3O6.CH4/c1-2-32-17(30)9-33-18-13(4-3-5-26-18)34-14-7-12(11(22)6-10(14)21)28-16(29)8-15(20(23,24)25)27-19(28)31;/h3-8H,2,9H2,1H3,(H,27,31);1H4. The highest BCUT2D eigenvalue weighted by Gasteiger charge is 2.33. The van der Waals surface area contributed by atoms with Crippen molar-refractivity contribution in [2.45, 2.75) is 20.5 Å². The maximum Gasteiger partial charge on any atom is 0.431 e. The summed E-state index contributed by atoms with van der Waals surface area (Å²) in [7, 11) is 0.